The normalized spacial score (nSPS) is 23.1. The topological polar surface area (TPSA) is 46.3 Å². The molecular weight excluding hydrogens is 372 g/mol. The highest BCUT2D eigenvalue weighted by atomic mass is 16.5. The van der Waals surface area contributed by atoms with Crippen molar-refractivity contribution < 1.29 is 9.47 Å². The monoisotopic (exact) mass is 404 g/mol. The Bertz CT molecular complexity index is 1080. The SMILES string of the molecule is COc1ccc(C[C@H]2NC3CCCC[C@H]3c3c2[nH]c2c(C)cc(C)cc32)cc1OC. The Morgan fingerprint density at radius 1 is 0.967 bits per heavy atom. The summed E-state index contributed by atoms with van der Waals surface area (Å²) in [5.74, 6) is 2.19. The summed E-state index contributed by atoms with van der Waals surface area (Å²) in [4.78, 5) is 3.85. The summed E-state index contributed by atoms with van der Waals surface area (Å²) in [6, 6.07) is 11.8. The number of H-pyrrole nitrogens is 1. The average Bonchev–Trinajstić information content (AvgIpc) is 3.14. The van der Waals surface area contributed by atoms with Gasteiger partial charge in [-0.1, -0.05) is 30.5 Å². The lowest BCUT2D eigenvalue weighted by Gasteiger charge is -2.41. The van der Waals surface area contributed by atoms with Gasteiger partial charge in [0, 0.05) is 28.6 Å². The van der Waals surface area contributed by atoms with Crippen molar-refractivity contribution in [3.63, 3.8) is 0 Å². The third-order valence-corrected chi connectivity index (χ3v) is 7.11. The van der Waals surface area contributed by atoms with Crippen LogP contribution in [0.3, 0.4) is 0 Å². The van der Waals surface area contributed by atoms with Gasteiger partial charge < -0.3 is 19.8 Å². The van der Waals surface area contributed by atoms with E-state index in [0.717, 1.165) is 17.9 Å². The molecule has 4 nitrogen and oxygen atoms in total. The van der Waals surface area contributed by atoms with Crippen LogP contribution in [0.4, 0.5) is 0 Å². The molecule has 0 saturated heterocycles. The smallest absolute Gasteiger partial charge is 0.160 e. The lowest BCUT2D eigenvalue weighted by Crippen LogP contribution is -2.44. The zero-order chi connectivity index (χ0) is 20.8. The summed E-state index contributed by atoms with van der Waals surface area (Å²) in [6.07, 6.45) is 6.15. The molecule has 3 atom stereocenters. The van der Waals surface area contributed by atoms with Crippen LogP contribution in [-0.2, 0) is 6.42 Å². The van der Waals surface area contributed by atoms with E-state index in [1.807, 2.05) is 6.07 Å². The third kappa shape index (κ3) is 3.18. The van der Waals surface area contributed by atoms with Gasteiger partial charge in [-0.05, 0) is 68.0 Å². The van der Waals surface area contributed by atoms with Gasteiger partial charge in [-0.3, -0.25) is 0 Å². The lowest BCUT2D eigenvalue weighted by atomic mass is 9.74. The Balaban J connectivity index is 1.60. The van der Waals surface area contributed by atoms with Gasteiger partial charge >= 0.3 is 0 Å². The molecule has 4 heteroatoms. The van der Waals surface area contributed by atoms with E-state index in [2.05, 4.69) is 48.4 Å². The molecule has 0 bridgehead atoms. The Kier molecular flexibility index (Phi) is 4.98. The molecule has 1 aliphatic carbocycles. The number of aromatic amines is 1. The molecule has 1 aliphatic heterocycles. The first kappa shape index (κ1) is 19.5. The number of fused-ring (bicyclic) bond motifs is 5. The molecule has 0 amide bonds. The molecule has 1 fully saturated rings. The van der Waals surface area contributed by atoms with Gasteiger partial charge in [0.05, 0.1) is 20.3 Å². The van der Waals surface area contributed by atoms with E-state index in [9.17, 15) is 0 Å². The standard InChI is InChI=1S/C26H32N2O2/c1-15-11-16(2)25-19(12-15)24-18-7-5-6-8-20(18)27-21(26(24)28-25)13-17-9-10-22(29-3)23(14-17)30-4/h9-12,14,18,20-21,27-28H,5-8,13H2,1-4H3/t18-,20?,21-/m1/s1. The molecule has 1 saturated carbocycles. The van der Waals surface area contributed by atoms with E-state index < -0.39 is 0 Å². The van der Waals surface area contributed by atoms with Crippen LogP contribution in [0, 0.1) is 13.8 Å². The Hall–Kier alpha value is -2.46. The number of aromatic nitrogens is 1. The first-order chi connectivity index (χ1) is 14.6. The first-order valence-electron chi connectivity index (χ1n) is 11.2. The van der Waals surface area contributed by atoms with Crippen molar-refractivity contribution in [3.8, 4) is 11.5 Å². The van der Waals surface area contributed by atoms with E-state index in [0.29, 0.717) is 12.0 Å². The average molecular weight is 405 g/mol. The number of ether oxygens (including phenoxy) is 2. The van der Waals surface area contributed by atoms with E-state index >= 15 is 0 Å². The Morgan fingerprint density at radius 2 is 1.77 bits per heavy atom. The summed E-state index contributed by atoms with van der Waals surface area (Å²) >= 11 is 0. The highest BCUT2D eigenvalue weighted by Crippen LogP contribution is 2.46. The molecule has 2 N–H and O–H groups in total. The lowest BCUT2D eigenvalue weighted by molar-refractivity contribution is 0.274. The van der Waals surface area contributed by atoms with Gasteiger partial charge in [-0.2, -0.15) is 0 Å². The van der Waals surface area contributed by atoms with Gasteiger partial charge in [-0.15, -0.1) is 0 Å². The number of rotatable bonds is 4. The quantitative estimate of drug-likeness (QED) is 0.585. The second-order valence-electron chi connectivity index (χ2n) is 9.07. The zero-order valence-corrected chi connectivity index (χ0v) is 18.5. The molecular formula is C26H32N2O2. The van der Waals surface area contributed by atoms with Gasteiger partial charge in [0.15, 0.2) is 11.5 Å². The fraction of sp³-hybridized carbons (Fsp3) is 0.462. The van der Waals surface area contributed by atoms with Crippen molar-refractivity contribution in [2.24, 2.45) is 0 Å². The van der Waals surface area contributed by atoms with E-state index in [1.54, 1.807) is 19.8 Å². The molecule has 30 heavy (non-hydrogen) atoms. The molecule has 158 valence electrons. The van der Waals surface area contributed by atoms with Crippen LogP contribution >= 0.6 is 0 Å². The van der Waals surface area contributed by atoms with Crippen LogP contribution in [0.5, 0.6) is 11.5 Å². The maximum atomic E-state index is 5.55. The van der Waals surface area contributed by atoms with Crippen molar-refractivity contribution >= 4 is 10.9 Å². The molecule has 0 radical (unpaired) electrons. The minimum absolute atomic E-state index is 0.282. The van der Waals surface area contributed by atoms with Crippen LogP contribution in [0.2, 0.25) is 0 Å². The maximum absolute atomic E-state index is 5.55. The van der Waals surface area contributed by atoms with Crippen LogP contribution in [0.25, 0.3) is 10.9 Å². The summed E-state index contributed by atoms with van der Waals surface area (Å²) < 4.78 is 11.0. The second kappa shape index (κ2) is 7.66. The van der Waals surface area contributed by atoms with Gasteiger partial charge in [0.25, 0.3) is 0 Å². The fourth-order valence-electron chi connectivity index (χ4n) is 5.79. The first-order valence-corrected chi connectivity index (χ1v) is 11.2. The maximum Gasteiger partial charge on any atom is 0.160 e. The number of aryl methyl sites for hydroxylation is 2. The minimum atomic E-state index is 0.282. The Labute approximate surface area is 179 Å². The second-order valence-corrected chi connectivity index (χ2v) is 9.07. The van der Waals surface area contributed by atoms with Crippen molar-refractivity contribution in [1.29, 1.82) is 0 Å². The minimum Gasteiger partial charge on any atom is -0.493 e. The number of benzene rings is 2. The molecule has 2 heterocycles. The summed E-state index contributed by atoms with van der Waals surface area (Å²) in [5, 5.41) is 5.46. The van der Waals surface area contributed by atoms with Crippen LogP contribution in [0.1, 0.15) is 65.6 Å². The van der Waals surface area contributed by atoms with Crippen LogP contribution in [0.15, 0.2) is 30.3 Å². The van der Waals surface area contributed by atoms with Gasteiger partial charge in [-0.25, -0.2) is 0 Å². The molecule has 1 aromatic heterocycles. The number of nitrogens with one attached hydrogen (secondary N) is 2. The molecule has 5 rings (SSSR count). The predicted octanol–water partition coefficient (Wildman–Crippen LogP) is 5.72. The molecule has 0 spiro atoms. The fourth-order valence-corrected chi connectivity index (χ4v) is 5.79. The predicted molar refractivity (Wildman–Crippen MR) is 122 cm³/mol. The van der Waals surface area contributed by atoms with Crippen molar-refractivity contribution in [1.82, 2.24) is 10.3 Å². The van der Waals surface area contributed by atoms with Crippen LogP contribution < -0.4 is 14.8 Å². The summed E-state index contributed by atoms with van der Waals surface area (Å²) in [7, 11) is 3.39. The number of hydrogen-bond acceptors (Lipinski definition) is 3. The van der Waals surface area contributed by atoms with Crippen molar-refractivity contribution in [2.75, 3.05) is 14.2 Å². The zero-order valence-electron chi connectivity index (χ0n) is 18.5. The van der Waals surface area contributed by atoms with E-state index in [-0.39, 0.29) is 6.04 Å². The van der Waals surface area contributed by atoms with E-state index in [4.69, 9.17) is 9.47 Å². The highest BCUT2D eigenvalue weighted by molar-refractivity contribution is 5.89. The molecule has 3 aromatic rings. The Morgan fingerprint density at radius 3 is 2.57 bits per heavy atom. The number of methoxy groups -OCH3 is 2. The number of hydrogen-bond donors (Lipinski definition) is 2. The largest absolute Gasteiger partial charge is 0.493 e. The summed E-state index contributed by atoms with van der Waals surface area (Å²) in [5.41, 5.74) is 8.23. The van der Waals surface area contributed by atoms with Gasteiger partial charge in [0.2, 0.25) is 0 Å². The van der Waals surface area contributed by atoms with E-state index in [1.165, 1.54) is 59.0 Å². The van der Waals surface area contributed by atoms with Crippen molar-refractivity contribution in [2.45, 2.75) is 64.0 Å². The third-order valence-electron chi connectivity index (χ3n) is 7.11. The molecule has 2 aliphatic rings. The molecule has 1 unspecified atom stereocenters. The molecule has 2 aromatic carbocycles. The van der Waals surface area contributed by atoms with Gasteiger partial charge in [0.1, 0.15) is 0 Å². The van der Waals surface area contributed by atoms with Crippen LogP contribution in [-0.4, -0.2) is 25.2 Å². The summed E-state index contributed by atoms with van der Waals surface area (Å²) in [6.45, 7) is 4.44. The van der Waals surface area contributed by atoms with Crippen molar-refractivity contribution in [3.05, 3.63) is 58.3 Å². The highest BCUT2D eigenvalue weighted by Gasteiger charge is 2.38.